The smallest absolute Gasteiger partial charge is 0.320 e. The van der Waals surface area contributed by atoms with Gasteiger partial charge in [0.25, 0.3) is 6.29 Å². The van der Waals surface area contributed by atoms with E-state index in [0.717, 1.165) is 22.3 Å². The number of benzene rings is 1. The fourth-order valence-electron chi connectivity index (χ4n) is 1.82. The summed E-state index contributed by atoms with van der Waals surface area (Å²) in [5, 5.41) is 0. The zero-order valence-corrected chi connectivity index (χ0v) is 10.1. The van der Waals surface area contributed by atoms with E-state index < -0.39 is 18.2 Å². The topological polar surface area (TPSA) is 52.6 Å². The first kappa shape index (κ1) is 11.6. The van der Waals surface area contributed by atoms with E-state index in [-0.39, 0.29) is 6.42 Å². The van der Waals surface area contributed by atoms with E-state index >= 15 is 0 Å². The van der Waals surface area contributed by atoms with E-state index in [1.807, 2.05) is 32.9 Å². The Morgan fingerprint density at radius 1 is 1.00 bits per heavy atom. The summed E-state index contributed by atoms with van der Waals surface area (Å²) >= 11 is 0. The van der Waals surface area contributed by atoms with Crippen LogP contribution in [-0.4, -0.2) is 11.9 Å². The minimum Gasteiger partial charge on any atom is -0.420 e. The zero-order valence-electron chi connectivity index (χ0n) is 10.1. The highest BCUT2D eigenvalue weighted by molar-refractivity contribution is 5.92. The van der Waals surface area contributed by atoms with Crippen molar-refractivity contribution in [2.75, 3.05) is 0 Å². The Morgan fingerprint density at radius 2 is 1.59 bits per heavy atom. The molecule has 2 rings (SSSR count). The number of carbonyl (C=O) groups excluding carboxylic acids is 2. The number of hydrogen-bond donors (Lipinski definition) is 0. The van der Waals surface area contributed by atoms with Crippen LogP contribution in [0.2, 0.25) is 0 Å². The van der Waals surface area contributed by atoms with Gasteiger partial charge >= 0.3 is 11.9 Å². The molecule has 1 saturated heterocycles. The van der Waals surface area contributed by atoms with Gasteiger partial charge in [-0.05, 0) is 37.5 Å². The van der Waals surface area contributed by atoms with Crippen molar-refractivity contribution in [1.29, 1.82) is 0 Å². The first-order valence-electron chi connectivity index (χ1n) is 5.44. The van der Waals surface area contributed by atoms with Gasteiger partial charge in [-0.25, -0.2) is 0 Å². The monoisotopic (exact) mass is 234 g/mol. The molecule has 1 aromatic rings. The second-order valence-corrected chi connectivity index (χ2v) is 4.21. The first-order chi connectivity index (χ1) is 7.99. The third-order valence-electron chi connectivity index (χ3n) is 3.12. The SMILES string of the molecule is Cc1ccc(C2OC(=O)CC(=O)O2)c(C)c1C. The van der Waals surface area contributed by atoms with Gasteiger partial charge in [0, 0.05) is 5.56 Å². The highest BCUT2D eigenvalue weighted by Crippen LogP contribution is 2.29. The van der Waals surface area contributed by atoms with Gasteiger partial charge in [-0.15, -0.1) is 0 Å². The van der Waals surface area contributed by atoms with Crippen molar-refractivity contribution in [2.45, 2.75) is 33.5 Å². The second-order valence-electron chi connectivity index (χ2n) is 4.21. The van der Waals surface area contributed by atoms with E-state index in [1.54, 1.807) is 0 Å². The van der Waals surface area contributed by atoms with Gasteiger partial charge in [-0.1, -0.05) is 12.1 Å². The standard InChI is InChI=1S/C13H14O4/c1-7-4-5-10(9(3)8(7)2)13-16-11(14)6-12(15)17-13/h4-5,13H,6H2,1-3H3. The van der Waals surface area contributed by atoms with E-state index in [2.05, 4.69) is 0 Å². The number of cyclic esters (lactones) is 2. The molecule has 0 unspecified atom stereocenters. The van der Waals surface area contributed by atoms with Gasteiger partial charge < -0.3 is 9.47 Å². The molecule has 0 bridgehead atoms. The number of rotatable bonds is 1. The van der Waals surface area contributed by atoms with Crippen LogP contribution in [0.4, 0.5) is 0 Å². The average molecular weight is 234 g/mol. The Kier molecular flexibility index (Phi) is 2.88. The van der Waals surface area contributed by atoms with Crippen LogP contribution in [0.25, 0.3) is 0 Å². The van der Waals surface area contributed by atoms with Crippen LogP contribution in [0, 0.1) is 20.8 Å². The largest absolute Gasteiger partial charge is 0.420 e. The molecule has 0 radical (unpaired) electrons. The van der Waals surface area contributed by atoms with Crippen LogP contribution in [0.1, 0.15) is 35.0 Å². The summed E-state index contributed by atoms with van der Waals surface area (Å²) < 4.78 is 10.1. The Labute approximate surface area is 99.5 Å². The van der Waals surface area contributed by atoms with Crippen molar-refractivity contribution in [3.05, 3.63) is 34.4 Å². The molecule has 0 spiro atoms. The van der Waals surface area contributed by atoms with Gasteiger partial charge in [0.1, 0.15) is 6.42 Å². The molecule has 0 atom stereocenters. The molecule has 0 amide bonds. The normalized spacial score (nSPS) is 16.6. The Morgan fingerprint density at radius 3 is 2.18 bits per heavy atom. The maximum Gasteiger partial charge on any atom is 0.320 e. The highest BCUT2D eigenvalue weighted by atomic mass is 16.7. The lowest BCUT2D eigenvalue weighted by atomic mass is 9.98. The lowest BCUT2D eigenvalue weighted by molar-refractivity contribution is -0.205. The molecular weight excluding hydrogens is 220 g/mol. The Balaban J connectivity index is 2.37. The van der Waals surface area contributed by atoms with E-state index in [0.29, 0.717) is 0 Å². The van der Waals surface area contributed by atoms with E-state index in [1.165, 1.54) is 0 Å². The van der Waals surface area contributed by atoms with Crippen LogP contribution in [0.3, 0.4) is 0 Å². The van der Waals surface area contributed by atoms with Crippen molar-refractivity contribution < 1.29 is 19.1 Å². The van der Waals surface area contributed by atoms with E-state index in [9.17, 15) is 9.59 Å². The van der Waals surface area contributed by atoms with Crippen LogP contribution >= 0.6 is 0 Å². The molecule has 90 valence electrons. The summed E-state index contributed by atoms with van der Waals surface area (Å²) in [6.07, 6.45) is -1.21. The number of esters is 2. The molecule has 1 aromatic carbocycles. The zero-order chi connectivity index (χ0) is 12.6. The molecular formula is C13H14O4. The summed E-state index contributed by atoms with van der Waals surface area (Å²) in [4.78, 5) is 22.4. The third-order valence-corrected chi connectivity index (χ3v) is 3.12. The van der Waals surface area contributed by atoms with Crippen molar-refractivity contribution in [3.63, 3.8) is 0 Å². The predicted molar refractivity (Wildman–Crippen MR) is 60.2 cm³/mol. The molecule has 1 aliphatic rings. The molecule has 0 aromatic heterocycles. The number of aryl methyl sites for hydroxylation is 1. The average Bonchev–Trinajstić information content (AvgIpc) is 2.24. The molecule has 0 N–H and O–H groups in total. The van der Waals surface area contributed by atoms with Gasteiger partial charge in [0.05, 0.1) is 0 Å². The van der Waals surface area contributed by atoms with Crippen LogP contribution in [0.5, 0.6) is 0 Å². The summed E-state index contributed by atoms with van der Waals surface area (Å²) in [6.45, 7) is 5.92. The molecule has 0 saturated carbocycles. The molecule has 17 heavy (non-hydrogen) atoms. The van der Waals surface area contributed by atoms with Crippen LogP contribution in [-0.2, 0) is 19.1 Å². The predicted octanol–water partition coefficient (Wildman–Crippen LogP) is 2.10. The maximum atomic E-state index is 11.2. The first-order valence-corrected chi connectivity index (χ1v) is 5.44. The summed E-state index contributed by atoms with van der Waals surface area (Å²) in [6, 6.07) is 3.75. The van der Waals surface area contributed by atoms with Crippen molar-refractivity contribution in [1.82, 2.24) is 0 Å². The van der Waals surface area contributed by atoms with Crippen molar-refractivity contribution >= 4 is 11.9 Å². The van der Waals surface area contributed by atoms with Crippen molar-refractivity contribution in [2.24, 2.45) is 0 Å². The van der Waals surface area contributed by atoms with Crippen LogP contribution < -0.4 is 0 Å². The third kappa shape index (κ3) is 2.16. The highest BCUT2D eigenvalue weighted by Gasteiger charge is 2.30. The molecule has 4 nitrogen and oxygen atoms in total. The van der Waals surface area contributed by atoms with Crippen LogP contribution in [0.15, 0.2) is 12.1 Å². The lowest BCUT2D eigenvalue weighted by Crippen LogP contribution is -2.27. The van der Waals surface area contributed by atoms with Crippen molar-refractivity contribution in [3.8, 4) is 0 Å². The number of carbonyl (C=O) groups is 2. The molecule has 4 heteroatoms. The Bertz CT molecular complexity index is 474. The maximum absolute atomic E-state index is 11.2. The summed E-state index contributed by atoms with van der Waals surface area (Å²) in [5.41, 5.74) is 3.98. The number of hydrogen-bond acceptors (Lipinski definition) is 4. The lowest BCUT2D eigenvalue weighted by Gasteiger charge is -2.24. The number of ether oxygens (including phenoxy) is 2. The Hall–Kier alpha value is -1.84. The minimum atomic E-state index is -0.900. The second kappa shape index (κ2) is 4.20. The van der Waals surface area contributed by atoms with E-state index in [4.69, 9.17) is 9.47 Å². The fourth-order valence-corrected chi connectivity index (χ4v) is 1.82. The fraction of sp³-hybridized carbons (Fsp3) is 0.385. The molecule has 1 fully saturated rings. The molecule has 1 aliphatic heterocycles. The summed E-state index contributed by atoms with van der Waals surface area (Å²) in [7, 11) is 0. The van der Waals surface area contributed by atoms with Gasteiger partial charge in [0.15, 0.2) is 0 Å². The van der Waals surface area contributed by atoms with Gasteiger partial charge in [0.2, 0.25) is 0 Å². The molecule has 1 heterocycles. The minimum absolute atomic E-state index is 0.305. The van der Waals surface area contributed by atoms with Gasteiger partial charge in [-0.3, -0.25) is 9.59 Å². The quantitative estimate of drug-likeness (QED) is 0.551. The summed E-state index contributed by atoms with van der Waals surface area (Å²) in [5.74, 6) is -1.08. The molecule has 0 aliphatic carbocycles. The van der Waals surface area contributed by atoms with Gasteiger partial charge in [-0.2, -0.15) is 0 Å².